The molecule has 7 nitrogen and oxygen atoms in total. The molecule has 0 aromatic heterocycles. The molecule has 3 heterocycles. The molecular weight excluding hydrogens is 522 g/mol. The Morgan fingerprint density at radius 1 is 1.18 bits per heavy atom. The number of aliphatic hydroxyl groups excluding tert-OH is 1. The molecule has 218 valence electrons. The molecule has 2 bridgehead atoms. The molecule has 0 saturated carbocycles. The van der Waals surface area contributed by atoms with Gasteiger partial charge in [0.2, 0.25) is 11.8 Å². The topological polar surface area (TPSA) is 81.2 Å². The van der Waals surface area contributed by atoms with Crippen LogP contribution < -0.4 is 4.90 Å². The molecule has 3 aliphatic rings. The van der Waals surface area contributed by atoms with Gasteiger partial charge in [0.1, 0.15) is 6.04 Å². The number of carbonyl (C=O) groups is 3. The lowest BCUT2D eigenvalue weighted by Crippen LogP contribution is -2.58. The molecule has 1 spiro atoms. The minimum absolute atomic E-state index is 0.0789. The predicted molar refractivity (Wildman–Crippen MR) is 162 cm³/mol. The smallest absolute Gasteiger partial charge is 0.251 e. The summed E-state index contributed by atoms with van der Waals surface area (Å²) in [4.78, 5) is 48.4. The van der Waals surface area contributed by atoms with Gasteiger partial charge >= 0.3 is 0 Å². The van der Waals surface area contributed by atoms with Gasteiger partial charge in [0.25, 0.3) is 5.91 Å². The summed E-state index contributed by atoms with van der Waals surface area (Å²) in [5.74, 6) is -1.40. The van der Waals surface area contributed by atoms with Gasteiger partial charge in [-0.1, -0.05) is 38.1 Å². The van der Waals surface area contributed by atoms with Crippen molar-refractivity contribution in [3.63, 3.8) is 0 Å². The Balaban J connectivity index is 1.88. The van der Waals surface area contributed by atoms with E-state index in [1.54, 1.807) is 45.7 Å². The van der Waals surface area contributed by atoms with Crippen molar-refractivity contribution in [2.75, 3.05) is 31.6 Å². The predicted octanol–water partition coefficient (Wildman–Crippen LogP) is 4.36. The van der Waals surface area contributed by atoms with Crippen LogP contribution in [0.15, 0.2) is 43.5 Å². The maximum atomic E-state index is 14.9. The number of amides is 3. The first-order valence-electron chi connectivity index (χ1n) is 14.4. The van der Waals surface area contributed by atoms with Gasteiger partial charge in [-0.3, -0.25) is 14.4 Å². The standard InChI is InChI=1S/C32H45N3O4S/c1-9-15-33(8)28(37)25-26-29(38)35(23(19-36)17-20(3)4)27(32(26)14-13-31(25,7)40-32)30(39)34(16-10-2)24-18-21(5)11-12-22(24)6/h9-12,18,20,23,25-27,36H,1-2,13-17,19H2,3-8H3/t23-,25-,26+,27?,31+,32?/m1/s1. The first-order chi connectivity index (χ1) is 18.9. The number of benzene rings is 1. The van der Waals surface area contributed by atoms with Crippen molar-refractivity contribution < 1.29 is 19.5 Å². The monoisotopic (exact) mass is 567 g/mol. The van der Waals surface area contributed by atoms with E-state index in [0.717, 1.165) is 23.2 Å². The van der Waals surface area contributed by atoms with Crippen molar-refractivity contribution in [1.82, 2.24) is 9.80 Å². The number of rotatable bonds is 11. The number of aryl methyl sites for hydroxylation is 2. The highest BCUT2D eigenvalue weighted by Gasteiger charge is 2.78. The molecule has 0 radical (unpaired) electrons. The largest absolute Gasteiger partial charge is 0.394 e. The Labute approximate surface area is 243 Å². The number of fused-ring (bicyclic) bond motifs is 1. The van der Waals surface area contributed by atoms with E-state index in [1.165, 1.54) is 0 Å². The van der Waals surface area contributed by atoms with Crippen molar-refractivity contribution in [3.8, 4) is 0 Å². The van der Waals surface area contributed by atoms with E-state index < -0.39 is 33.4 Å². The second-order valence-electron chi connectivity index (χ2n) is 12.5. The second-order valence-corrected chi connectivity index (χ2v) is 14.4. The van der Waals surface area contributed by atoms with Crippen LogP contribution >= 0.6 is 11.8 Å². The summed E-state index contributed by atoms with van der Waals surface area (Å²) in [5, 5.41) is 10.6. The van der Waals surface area contributed by atoms with E-state index >= 15 is 0 Å². The summed E-state index contributed by atoms with van der Waals surface area (Å²) in [6, 6.07) is 4.71. The fraction of sp³-hybridized carbons (Fsp3) is 0.594. The highest BCUT2D eigenvalue weighted by Crippen LogP contribution is 2.72. The molecule has 3 fully saturated rings. The van der Waals surface area contributed by atoms with E-state index in [2.05, 4.69) is 33.9 Å². The third-order valence-corrected chi connectivity index (χ3v) is 11.1. The summed E-state index contributed by atoms with van der Waals surface area (Å²) in [5.41, 5.74) is 2.79. The zero-order chi connectivity index (χ0) is 29.6. The van der Waals surface area contributed by atoms with Crippen LogP contribution in [-0.2, 0) is 14.4 Å². The number of thioether (sulfide) groups is 1. The van der Waals surface area contributed by atoms with Gasteiger partial charge in [-0.15, -0.1) is 24.9 Å². The highest BCUT2D eigenvalue weighted by atomic mass is 32.2. The Morgan fingerprint density at radius 3 is 2.45 bits per heavy atom. The molecule has 0 aliphatic carbocycles. The first-order valence-corrected chi connectivity index (χ1v) is 15.2. The molecule has 3 amide bonds. The fourth-order valence-electron chi connectivity index (χ4n) is 7.35. The average Bonchev–Trinajstić information content (AvgIpc) is 3.47. The zero-order valence-corrected chi connectivity index (χ0v) is 25.7. The lowest BCUT2D eigenvalue weighted by atomic mass is 9.66. The molecule has 1 aromatic rings. The maximum absolute atomic E-state index is 14.9. The molecule has 3 aliphatic heterocycles. The summed E-state index contributed by atoms with van der Waals surface area (Å²) >= 11 is 1.66. The molecule has 2 unspecified atom stereocenters. The zero-order valence-electron chi connectivity index (χ0n) is 24.9. The van der Waals surface area contributed by atoms with Gasteiger partial charge in [0.15, 0.2) is 0 Å². The van der Waals surface area contributed by atoms with E-state index in [1.807, 2.05) is 32.0 Å². The molecule has 8 heteroatoms. The van der Waals surface area contributed by atoms with Crippen LogP contribution in [0.25, 0.3) is 0 Å². The van der Waals surface area contributed by atoms with Crippen molar-refractivity contribution in [2.45, 2.75) is 75.5 Å². The Morgan fingerprint density at radius 2 is 1.85 bits per heavy atom. The van der Waals surface area contributed by atoms with Gasteiger partial charge in [-0.25, -0.2) is 0 Å². The van der Waals surface area contributed by atoms with Gasteiger partial charge in [0, 0.05) is 30.6 Å². The van der Waals surface area contributed by atoms with E-state index in [0.29, 0.717) is 25.9 Å². The number of carbonyl (C=O) groups excluding carboxylic acids is 3. The van der Waals surface area contributed by atoms with Gasteiger partial charge < -0.3 is 19.8 Å². The molecule has 4 rings (SSSR count). The normalized spacial score (nSPS) is 29.4. The van der Waals surface area contributed by atoms with Crippen molar-refractivity contribution in [3.05, 3.63) is 54.6 Å². The van der Waals surface area contributed by atoms with Crippen LogP contribution in [0.2, 0.25) is 0 Å². The van der Waals surface area contributed by atoms with Crippen LogP contribution in [0.3, 0.4) is 0 Å². The lowest BCUT2D eigenvalue weighted by molar-refractivity contribution is -0.146. The van der Waals surface area contributed by atoms with Gasteiger partial charge in [-0.2, -0.15) is 0 Å². The fourth-order valence-corrected chi connectivity index (χ4v) is 9.68. The number of hydrogen-bond donors (Lipinski definition) is 1. The summed E-state index contributed by atoms with van der Waals surface area (Å²) in [6.45, 7) is 18.3. The van der Waals surface area contributed by atoms with Crippen molar-refractivity contribution in [1.29, 1.82) is 0 Å². The molecule has 1 aromatic carbocycles. The van der Waals surface area contributed by atoms with Crippen LogP contribution in [0.1, 0.15) is 51.2 Å². The van der Waals surface area contributed by atoms with Crippen LogP contribution in [0.5, 0.6) is 0 Å². The Hall–Kier alpha value is -2.58. The minimum Gasteiger partial charge on any atom is -0.394 e. The number of hydrogen-bond acceptors (Lipinski definition) is 5. The summed E-state index contributed by atoms with van der Waals surface area (Å²) < 4.78 is -1.20. The SMILES string of the molecule is C=CCN(C)C(=O)[C@H]1[C@H]2C(=O)N([C@@H](CO)CC(C)C)C(C(=O)N(CC=C)c3cc(C)ccc3C)C23CC[C@]1(C)S3. The molecular formula is C32H45N3O4S. The van der Waals surface area contributed by atoms with Crippen LogP contribution in [-0.4, -0.2) is 80.9 Å². The number of anilines is 1. The van der Waals surface area contributed by atoms with Crippen molar-refractivity contribution in [2.24, 2.45) is 17.8 Å². The highest BCUT2D eigenvalue weighted by molar-refractivity contribution is 8.02. The average molecular weight is 568 g/mol. The van der Waals surface area contributed by atoms with Gasteiger partial charge in [0.05, 0.1) is 29.2 Å². The number of nitrogens with zero attached hydrogens (tertiary/aromatic N) is 3. The molecule has 1 N–H and O–H groups in total. The molecule has 3 saturated heterocycles. The number of likely N-dealkylation sites (N-methyl/N-ethyl adjacent to an activating group) is 1. The quantitative estimate of drug-likeness (QED) is 0.402. The third-order valence-electron chi connectivity index (χ3n) is 9.07. The summed E-state index contributed by atoms with van der Waals surface area (Å²) in [6.07, 6.45) is 5.38. The summed E-state index contributed by atoms with van der Waals surface area (Å²) in [7, 11) is 1.75. The van der Waals surface area contributed by atoms with E-state index in [-0.39, 0.29) is 30.2 Å². The van der Waals surface area contributed by atoms with Crippen LogP contribution in [0.4, 0.5) is 5.69 Å². The van der Waals surface area contributed by atoms with Crippen LogP contribution in [0, 0.1) is 31.6 Å². The molecule has 6 atom stereocenters. The first kappa shape index (κ1) is 30.4. The Kier molecular flexibility index (Phi) is 8.63. The second kappa shape index (κ2) is 11.4. The van der Waals surface area contributed by atoms with E-state index in [4.69, 9.17) is 0 Å². The lowest BCUT2D eigenvalue weighted by Gasteiger charge is -2.40. The molecule has 40 heavy (non-hydrogen) atoms. The van der Waals surface area contributed by atoms with Crippen molar-refractivity contribution >= 4 is 35.2 Å². The van der Waals surface area contributed by atoms with Gasteiger partial charge in [-0.05, 0) is 63.1 Å². The third kappa shape index (κ3) is 4.81. The number of aliphatic hydroxyl groups is 1. The minimum atomic E-state index is -0.796. The Bertz CT molecular complexity index is 1200. The van der Waals surface area contributed by atoms with E-state index in [9.17, 15) is 19.5 Å². The maximum Gasteiger partial charge on any atom is 0.251 e. The number of likely N-dealkylation sites (tertiary alicyclic amines) is 1.